The van der Waals surface area contributed by atoms with Gasteiger partial charge in [0.1, 0.15) is 6.10 Å². The molecule has 1 aliphatic carbocycles. The molecular weight excluding hydrogens is 424 g/mol. The average molecular weight is 441 g/mol. The van der Waals surface area contributed by atoms with E-state index < -0.39 is 40.8 Å². The first-order chi connectivity index (χ1) is 14.8. The second kappa shape index (κ2) is 7.44. The number of benzene rings is 2. The van der Waals surface area contributed by atoms with Crippen LogP contribution in [0.1, 0.15) is 37.9 Å². The fourth-order valence-electron chi connectivity index (χ4n) is 3.99. The van der Waals surface area contributed by atoms with Gasteiger partial charge in [-0.1, -0.05) is 48.0 Å². The van der Waals surface area contributed by atoms with Crippen LogP contribution in [0.4, 0.5) is 0 Å². The molecule has 0 amide bonds. The summed E-state index contributed by atoms with van der Waals surface area (Å²) in [5.74, 6) is -3.43. The van der Waals surface area contributed by atoms with E-state index in [-0.39, 0.29) is 16.7 Å². The lowest BCUT2D eigenvalue weighted by Crippen LogP contribution is -2.46. The number of fused-ring (bicyclic) bond motifs is 1. The average Bonchev–Trinajstić information content (AvgIpc) is 3.25. The highest BCUT2D eigenvalue weighted by Gasteiger charge is 2.66. The molecule has 158 valence electrons. The molecule has 8 heteroatoms. The monoisotopic (exact) mass is 440 g/mol. The Morgan fingerprint density at radius 3 is 2.06 bits per heavy atom. The van der Waals surface area contributed by atoms with E-state index in [4.69, 9.17) is 25.8 Å². The van der Waals surface area contributed by atoms with Crippen LogP contribution in [0.2, 0.25) is 5.02 Å². The van der Waals surface area contributed by atoms with E-state index >= 15 is 0 Å². The number of methoxy groups -OCH3 is 2. The molecule has 2 aromatic carbocycles. The molecule has 0 radical (unpaired) electrons. The van der Waals surface area contributed by atoms with Gasteiger partial charge in [-0.2, -0.15) is 0 Å². The molecule has 0 bridgehead atoms. The third kappa shape index (κ3) is 2.85. The maximum absolute atomic E-state index is 13.5. The normalized spacial score (nSPS) is 19.0. The summed E-state index contributed by atoms with van der Waals surface area (Å²) in [7, 11) is 2.21. The van der Waals surface area contributed by atoms with Crippen molar-refractivity contribution in [1.82, 2.24) is 0 Å². The van der Waals surface area contributed by atoms with Crippen LogP contribution in [0.5, 0.6) is 0 Å². The third-order valence-corrected chi connectivity index (χ3v) is 5.93. The van der Waals surface area contributed by atoms with Gasteiger partial charge in [-0.25, -0.2) is 9.59 Å². The van der Waals surface area contributed by atoms with Crippen LogP contribution in [0.3, 0.4) is 0 Å². The molecule has 31 heavy (non-hydrogen) atoms. The number of carbonyl (C=O) groups excluding carboxylic acids is 4. The van der Waals surface area contributed by atoms with E-state index in [0.29, 0.717) is 10.6 Å². The van der Waals surface area contributed by atoms with E-state index in [1.54, 1.807) is 37.3 Å². The van der Waals surface area contributed by atoms with Crippen molar-refractivity contribution < 1.29 is 33.4 Å². The standard InChI is InChI=1S/C23H17ClO7/c1-11-8-9-12(10-15(11)24)18-16(21(27)29-2)17(22(28)30-3)23(31-18)19(25)13-6-4-5-7-14(13)20(23)26/h4-10,18H,1-3H3/t18-/m0/s1. The molecule has 2 aliphatic rings. The molecule has 0 N–H and O–H groups in total. The maximum atomic E-state index is 13.5. The summed E-state index contributed by atoms with van der Waals surface area (Å²) < 4.78 is 15.8. The first kappa shape index (κ1) is 21.0. The minimum Gasteiger partial charge on any atom is -0.466 e. The van der Waals surface area contributed by atoms with Crippen molar-refractivity contribution in [3.05, 3.63) is 80.9 Å². The summed E-state index contributed by atoms with van der Waals surface area (Å²) in [5, 5.41) is 0.387. The Morgan fingerprint density at radius 2 is 1.55 bits per heavy atom. The third-order valence-electron chi connectivity index (χ3n) is 5.53. The largest absolute Gasteiger partial charge is 0.466 e. The fourth-order valence-corrected chi connectivity index (χ4v) is 4.18. The lowest BCUT2D eigenvalue weighted by atomic mass is 9.86. The molecule has 0 saturated carbocycles. The Morgan fingerprint density at radius 1 is 0.968 bits per heavy atom. The van der Waals surface area contributed by atoms with E-state index in [9.17, 15) is 19.2 Å². The predicted molar refractivity (Wildman–Crippen MR) is 109 cm³/mol. The van der Waals surface area contributed by atoms with Crippen LogP contribution in [0, 0.1) is 6.92 Å². The maximum Gasteiger partial charge on any atom is 0.338 e. The summed E-state index contributed by atoms with van der Waals surface area (Å²) in [6.07, 6.45) is -1.25. The van der Waals surface area contributed by atoms with Gasteiger partial charge >= 0.3 is 11.9 Å². The van der Waals surface area contributed by atoms with Gasteiger partial charge in [-0.15, -0.1) is 0 Å². The lowest BCUT2D eigenvalue weighted by Gasteiger charge is -2.24. The van der Waals surface area contributed by atoms with Crippen molar-refractivity contribution in [2.75, 3.05) is 14.2 Å². The predicted octanol–water partition coefficient (Wildman–Crippen LogP) is 3.18. The molecule has 1 atom stereocenters. The van der Waals surface area contributed by atoms with Gasteiger partial charge in [-0.05, 0) is 24.1 Å². The highest BCUT2D eigenvalue weighted by atomic mass is 35.5. The van der Waals surface area contributed by atoms with Gasteiger partial charge in [0.2, 0.25) is 17.2 Å². The zero-order valence-corrected chi connectivity index (χ0v) is 17.6. The number of carbonyl (C=O) groups is 4. The van der Waals surface area contributed by atoms with Crippen LogP contribution in [0.25, 0.3) is 0 Å². The summed E-state index contributed by atoms with van der Waals surface area (Å²) in [5.41, 5.74) is -1.75. The smallest absolute Gasteiger partial charge is 0.338 e. The van der Waals surface area contributed by atoms with Gasteiger partial charge in [0.25, 0.3) is 0 Å². The number of aryl methyl sites for hydroxylation is 1. The Hall–Kier alpha value is -3.29. The van der Waals surface area contributed by atoms with Gasteiger partial charge < -0.3 is 14.2 Å². The minimum atomic E-state index is -2.34. The Labute approximate surface area is 182 Å². The van der Waals surface area contributed by atoms with E-state index in [0.717, 1.165) is 19.8 Å². The SMILES string of the molecule is COC(=O)C1=C(C(=O)OC)C2(O[C@H]1c1ccc(C)c(Cl)c1)C(=O)c1ccccc1C2=O. The summed E-state index contributed by atoms with van der Waals surface area (Å²) in [4.78, 5) is 52.5. The van der Waals surface area contributed by atoms with Crippen LogP contribution < -0.4 is 0 Å². The van der Waals surface area contributed by atoms with Crippen LogP contribution in [-0.4, -0.2) is 43.3 Å². The van der Waals surface area contributed by atoms with E-state index in [1.165, 1.54) is 12.1 Å². The Bertz CT molecular complexity index is 1160. The zero-order chi connectivity index (χ0) is 22.5. The molecule has 0 aromatic heterocycles. The van der Waals surface area contributed by atoms with Crippen LogP contribution >= 0.6 is 11.6 Å². The number of Topliss-reactive ketones (excluding diaryl/α,β-unsaturated/α-hetero) is 2. The first-order valence-electron chi connectivity index (χ1n) is 9.31. The zero-order valence-electron chi connectivity index (χ0n) is 16.9. The topological polar surface area (TPSA) is 96.0 Å². The Kier molecular flexibility index (Phi) is 5.03. The number of ketones is 2. The lowest BCUT2D eigenvalue weighted by molar-refractivity contribution is -0.139. The van der Waals surface area contributed by atoms with Gasteiger partial charge in [0.15, 0.2) is 0 Å². The first-order valence-corrected chi connectivity index (χ1v) is 9.69. The van der Waals surface area contributed by atoms with Crippen molar-refractivity contribution in [1.29, 1.82) is 0 Å². The number of esters is 2. The van der Waals surface area contributed by atoms with E-state index in [2.05, 4.69) is 0 Å². The van der Waals surface area contributed by atoms with Crippen molar-refractivity contribution in [2.45, 2.75) is 18.6 Å². The van der Waals surface area contributed by atoms with Crippen molar-refractivity contribution in [3.8, 4) is 0 Å². The molecule has 4 rings (SSSR count). The second-order valence-corrected chi connectivity index (χ2v) is 7.57. The molecule has 0 fully saturated rings. The molecule has 0 saturated heterocycles. The quantitative estimate of drug-likeness (QED) is 0.534. The number of hydrogen-bond acceptors (Lipinski definition) is 7. The fraction of sp³-hybridized carbons (Fsp3) is 0.217. The number of rotatable bonds is 3. The Balaban J connectivity index is 2.02. The molecule has 7 nitrogen and oxygen atoms in total. The summed E-state index contributed by atoms with van der Waals surface area (Å²) in [6, 6.07) is 11.0. The number of halogens is 1. The molecule has 1 spiro atoms. The van der Waals surface area contributed by atoms with Crippen molar-refractivity contribution in [3.63, 3.8) is 0 Å². The molecule has 1 aliphatic heterocycles. The summed E-state index contributed by atoms with van der Waals surface area (Å²) in [6.45, 7) is 1.79. The molecule has 2 aromatic rings. The van der Waals surface area contributed by atoms with Crippen molar-refractivity contribution in [2.24, 2.45) is 0 Å². The van der Waals surface area contributed by atoms with Crippen molar-refractivity contribution >= 4 is 35.1 Å². The molecule has 1 heterocycles. The number of ether oxygens (including phenoxy) is 3. The molecule has 0 unspecified atom stereocenters. The molecular formula is C23H17ClO7. The van der Waals surface area contributed by atoms with E-state index in [1.807, 2.05) is 0 Å². The highest BCUT2D eigenvalue weighted by molar-refractivity contribution is 6.37. The highest BCUT2D eigenvalue weighted by Crippen LogP contribution is 2.51. The minimum absolute atomic E-state index is 0.0979. The second-order valence-electron chi connectivity index (χ2n) is 7.16. The van der Waals surface area contributed by atoms with Gasteiger partial charge in [0.05, 0.1) is 25.4 Å². The van der Waals surface area contributed by atoms with Gasteiger partial charge in [-0.3, -0.25) is 9.59 Å². The van der Waals surface area contributed by atoms with Gasteiger partial charge in [0, 0.05) is 16.1 Å². The summed E-state index contributed by atoms with van der Waals surface area (Å²) >= 11 is 6.25. The number of hydrogen-bond donors (Lipinski definition) is 0. The van der Waals surface area contributed by atoms with Crippen LogP contribution in [-0.2, 0) is 23.8 Å². The van der Waals surface area contributed by atoms with Crippen LogP contribution in [0.15, 0.2) is 53.6 Å².